The molecule has 82 valence electrons. The van der Waals surface area contributed by atoms with Crippen LogP contribution in [0.5, 0.6) is 0 Å². The van der Waals surface area contributed by atoms with E-state index in [2.05, 4.69) is 0 Å². The first-order chi connectivity index (χ1) is 6.49. The first-order valence-corrected chi connectivity index (χ1v) is 4.03. The van der Waals surface area contributed by atoms with Crippen molar-refractivity contribution in [3.63, 3.8) is 0 Å². The van der Waals surface area contributed by atoms with Crippen molar-refractivity contribution in [3.05, 3.63) is 0 Å². The number of amides is 1. The van der Waals surface area contributed by atoms with Crippen LogP contribution in [0.15, 0.2) is 0 Å². The highest BCUT2D eigenvalue weighted by Gasteiger charge is 2.49. The van der Waals surface area contributed by atoms with Crippen LogP contribution in [0, 0.1) is 0 Å². The first-order valence-electron chi connectivity index (χ1n) is 4.03. The van der Waals surface area contributed by atoms with Gasteiger partial charge in [-0.05, 0) is 12.8 Å². The molecule has 8 heteroatoms. The second-order valence-electron chi connectivity index (χ2n) is 3.04. The van der Waals surface area contributed by atoms with E-state index in [4.69, 9.17) is 0 Å². The largest absolute Gasteiger partial charge is 0.317 e. The topological polar surface area (TPSA) is 35.6 Å². The molecule has 0 spiro atoms. The monoisotopic (exact) mass is 215 g/mol. The van der Waals surface area contributed by atoms with Gasteiger partial charge in [0.05, 0.1) is 10.7 Å². The molecule has 1 aliphatic rings. The Hall–Kier alpha value is -0.890. The normalized spacial score (nSPS) is 22.3. The molecule has 4 nitrogen and oxygen atoms in total. The average Bonchev–Trinajstić information content (AvgIpc) is 2.27. The van der Waals surface area contributed by atoms with E-state index >= 15 is 0 Å². The minimum absolute atomic E-state index is 0.0105. The fraction of sp³-hybridized carbons (Fsp3) is 0.833. The summed E-state index contributed by atoms with van der Waals surface area (Å²) in [5, 5.41) is -1.74. The molecule has 0 unspecified atom stereocenters. The molecular formula is C6H9F4N3O. The van der Waals surface area contributed by atoms with Crippen LogP contribution in [0.3, 0.4) is 0 Å². The maximum atomic E-state index is 12.3. The van der Waals surface area contributed by atoms with Crippen LogP contribution >= 0.6 is 0 Å². The molecule has 1 rings (SSSR count). The summed E-state index contributed by atoms with van der Waals surface area (Å²) < 4.78 is 49.1. The summed E-state index contributed by atoms with van der Waals surface area (Å²) in [5.41, 5.74) is 0. The van der Waals surface area contributed by atoms with Gasteiger partial charge in [-0.2, -0.15) is 0 Å². The number of hydrogen-bond donors (Lipinski definition) is 1. The first kappa shape index (κ1) is 11.2. The Morgan fingerprint density at radius 2 is 1.71 bits per heavy atom. The Kier molecular flexibility index (Phi) is 3.27. The maximum Gasteiger partial charge on any atom is 0.268 e. The molecule has 1 amide bonds. The smallest absolute Gasteiger partial charge is 0.268 e. The van der Waals surface area contributed by atoms with Crippen LogP contribution in [0.4, 0.5) is 17.9 Å². The van der Waals surface area contributed by atoms with Gasteiger partial charge in [-0.1, -0.05) is 17.9 Å². The zero-order valence-electron chi connectivity index (χ0n) is 7.14. The van der Waals surface area contributed by atoms with E-state index in [1.807, 2.05) is 0 Å². The second kappa shape index (κ2) is 4.09. The summed E-state index contributed by atoms with van der Waals surface area (Å²) in [6, 6.07) is 0. The van der Waals surface area contributed by atoms with Crippen molar-refractivity contribution in [2.45, 2.75) is 31.5 Å². The standard InChI is InChI=1S/C6H9F4N3O/c7-12(8)6(13(9)10)4-2-1-3-5(14)11-6/h1-4H2,(H,11,14). The fourth-order valence-corrected chi connectivity index (χ4v) is 1.32. The van der Waals surface area contributed by atoms with Crippen molar-refractivity contribution in [3.8, 4) is 0 Å². The highest BCUT2D eigenvalue weighted by molar-refractivity contribution is 5.76. The predicted octanol–water partition coefficient (Wildman–Crippen LogP) is 1.47. The van der Waals surface area contributed by atoms with Crippen LogP contribution in [-0.2, 0) is 4.79 Å². The van der Waals surface area contributed by atoms with Crippen molar-refractivity contribution < 1.29 is 22.7 Å². The summed E-state index contributed by atoms with van der Waals surface area (Å²) >= 11 is 0. The zero-order valence-corrected chi connectivity index (χ0v) is 7.14. The molecule has 1 N–H and O–H groups in total. The number of rotatable bonds is 2. The van der Waals surface area contributed by atoms with Crippen LogP contribution in [0.1, 0.15) is 25.7 Å². The average molecular weight is 215 g/mol. The molecule has 14 heavy (non-hydrogen) atoms. The second-order valence-corrected chi connectivity index (χ2v) is 3.04. The minimum Gasteiger partial charge on any atom is -0.317 e. The molecule has 0 aromatic heterocycles. The third kappa shape index (κ3) is 1.95. The molecule has 0 aliphatic carbocycles. The highest BCUT2D eigenvalue weighted by atomic mass is 19.4. The lowest BCUT2D eigenvalue weighted by atomic mass is 10.1. The van der Waals surface area contributed by atoms with Gasteiger partial charge in [-0.25, -0.2) is 0 Å². The lowest BCUT2D eigenvalue weighted by Gasteiger charge is -2.31. The van der Waals surface area contributed by atoms with E-state index < -0.39 is 28.8 Å². The van der Waals surface area contributed by atoms with Crippen LogP contribution < -0.4 is 5.32 Å². The van der Waals surface area contributed by atoms with Gasteiger partial charge >= 0.3 is 0 Å². The Morgan fingerprint density at radius 3 is 2.21 bits per heavy atom. The van der Waals surface area contributed by atoms with E-state index in [0.717, 1.165) is 0 Å². The lowest BCUT2D eigenvalue weighted by molar-refractivity contribution is -0.381. The molecule has 1 saturated heterocycles. The molecular weight excluding hydrogens is 206 g/mol. The Morgan fingerprint density at radius 1 is 1.14 bits per heavy atom. The Bertz CT molecular complexity index is 215. The molecule has 0 radical (unpaired) electrons. The molecule has 0 aromatic rings. The van der Waals surface area contributed by atoms with Crippen LogP contribution in [-0.4, -0.2) is 22.4 Å². The Labute approximate surface area is 77.2 Å². The summed E-state index contributed by atoms with van der Waals surface area (Å²) in [5.74, 6) is -3.77. The summed E-state index contributed by atoms with van der Waals surface area (Å²) in [7, 11) is 0. The third-order valence-electron chi connectivity index (χ3n) is 2.08. The maximum absolute atomic E-state index is 12.3. The summed E-state index contributed by atoms with van der Waals surface area (Å²) in [6.07, 6.45) is -0.0646. The van der Waals surface area contributed by atoms with Gasteiger partial charge in [0, 0.05) is 12.8 Å². The van der Waals surface area contributed by atoms with E-state index in [0.29, 0.717) is 6.42 Å². The van der Waals surface area contributed by atoms with Crippen LogP contribution in [0.25, 0.3) is 0 Å². The third-order valence-corrected chi connectivity index (χ3v) is 2.08. The van der Waals surface area contributed by atoms with E-state index in [1.165, 1.54) is 0 Å². The van der Waals surface area contributed by atoms with Crippen molar-refractivity contribution in [2.24, 2.45) is 0 Å². The van der Waals surface area contributed by atoms with Gasteiger partial charge in [0.1, 0.15) is 0 Å². The quantitative estimate of drug-likeness (QED) is 0.430. The van der Waals surface area contributed by atoms with E-state index in [1.54, 1.807) is 5.32 Å². The number of nitrogens with zero attached hydrogens (tertiary/aromatic N) is 2. The summed E-state index contributed by atoms with van der Waals surface area (Å²) in [4.78, 5) is 10.9. The minimum atomic E-state index is -2.96. The molecule has 0 saturated carbocycles. The van der Waals surface area contributed by atoms with Gasteiger partial charge in [0.25, 0.3) is 5.79 Å². The predicted molar refractivity (Wildman–Crippen MR) is 37.5 cm³/mol. The Balaban J connectivity index is 2.88. The number of nitrogens with one attached hydrogen (secondary N) is 1. The van der Waals surface area contributed by atoms with Crippen molar-refractivity contribution >= 4 is 5.91 Å². The molecule has 0 atom stereocenters. The van der Waals surface area contributed by atoms with E-state index in [-0.39, 0.29) is 12.8 Å². The molecule has 0 bridgehead atoms. The zero-order chi connectivity index (χ0) is 10.8. The molecule has 1 aliphatic heterocycles. The fourth-order valence-electron chi connectivity index (χ4n) is 1.32. The molecule has 1 fully saturated rings. The van der Waals surface area contributed by atoms with Crippen molar-refractivity contribution in [1.82, 2.24) is 16.0 Å². The number of hydrogen-bond acceptors (Lipinski definition) is 3. The van der Waals surface area contributed by atoms with Gasteiger partial charge in [-0.3, -0.25) is 4.79 Å². The van der Waals surface area contributed by atoms with Gasteiger partial charge in [-0.15, -0.1) is 0 Å². The van der Waals surface area contributed by atoms with Gasteiger partial charge in [0.15, 0.2) is 0 Å². The number of halogens is 4. The number of carbonyl (C=O) groups is 1. The van der Waals surface area contributed by atoms with Crippen LogP contribution in [0.2, 0.25) is 0 Å². The molecule has 0 aromatic carbocycles. The van der Waals surface area contributed by atoms with Crippen molar-refractivity contribution in [2.75, 3.05) is 0 Å². The molecule has 1 heterocycles. The highest BCUT2D eigenvalue weighted by Crippen LogP contribution is 2.29. The summed E-state index contributed by atoms with van der Waals surface area (Å²) in [6.45, 7) is 0. The van der Waals surface area contributed by atoms with Crippen molar-refractivity contribution in [1.29, 1.82) is 0 Å². The lowest BCUT2D eigenvalue weighted by Crippen LogP contribution is -2.60. The SMILES string of the molecule is O=C1CCCCC(N(F)F)(N(F)F)N1. The van der Waals surface area contributed by atoms with Gasteiger partial charge < -0.3 is 5.32 Å². The number of carbonyl (C=O) groups excluding carboxylic acids is 1. The van der Waals surface area contributed by atoms with Gasteiger partial charge in [0.2, 0.25) is 5.91 Å². The van der Waals surface area contributed by atoms with E-state index in [9.17, 15) is 22.7 Å².